The van der Waals surface area contributed by atoms with Crippen LogP contribution in [0.5, 0.6) is 0 Å². The van der Waals surface area contributed by atoms with Gasteiger partial charge in [0.25, 0.3) is 0 Å². The predicted molar refractivity (Wildman–Crippen MR) is 69.4 cm³/mol. The SMILES string of the molecule is CC12CCC(C1)C(C)(C)C2(O)c1ccc(F)c(F)c1F. The summed E-state index contributed by atoms with van der Waals surface area (Å²) in [6, 6.07) is 2.10. The Bertz CT molecular complexity index is 577. The summed E-state index contributed by atoms with van der Waals surface area (Å²) in [5.41, 5.74) is -2.63. The fourth-order valence-corrected chi connectivity index (χ4v) is 4.74. The Balaban J connectivity index is 2.25. The van der Waals surface area contributed by atoms with Gasteiger partial charge in [-0.15, -0.1) is 0 Å². The fourth-order valence-electron chi connectivity index (χ4n) is 4.74. The van der Waals surface area contributed by atoms with E-state index in [1.807, 2.05) is 20.8 Å². The van der Waals surface area contributed by atoms with E-state index < -0.39 is 33.9 Å². The average molecular weight is 284 g/mol. The van der Waals surface area contributed by atoms with Crippen LogP contribution < -0.4 is 0 Å². The van der Waals surface area contributed by atoms with E-state index in [1.54, 1.807) is 0 Å². The van der Waals surface area contributed by atoms with Crippen LogP contribution in [0.2, 0.25) is 0 Å². The van der Waals surface area contributed by atoms with Gasteiger partial charge in [-0.2, -0.15) is 0 Å². The standard InChI is InChI=1S/C16H19F3O/c1-14(2)9-6-7-15(3,8-9)16(14,20)10-4-5-11(17)13(19)12(10)18/h4-5,9,20H,6-8H2,1-3H3. The lowest BCUT2D eigenvalue weighted by atomic mass is 9.57. The highest BCUT2D eigenvalue weighted by molar-refractivity contribution is 5.35. The van der Waals surface area contributed by atoms with Crippen molar-refractivity contribution in [3.63, 3.8) is 0 Å². The van der Waals surface area contributed by atoms with E-state index in [2.05, 4.69) is 0 Å². The number of rotatable bonds is 1. The minimum atomic E-state index is -1.50. The summed E-state index contributed by atoms with van der Waals surface area (Å²) in [6.45, 7) is 5.70. The Labute approximate surface area is 116 Å². The fraction of sp³-hybridized carbons (Fsp3) is 0.625. The van der Waals surface area contributed by atoms with Gasteiger partial charge in [0.15, 0.2) is 17.5 Å². The molecule has 0 heterocycles. The highest BCUT2D eigenvalue weighted by Gasteiger charge is 2.69. The molecule has 3 unspecified atom stereocenters. The molecule has 110 valence electrons. The second-order valence-electron chi connectivity index (χ2n) is 7.16. The number of fused-ring (bicyclic) bond motifs is 2. The molecule has 3 rings (SSSR count). The molecule has 0 spiro atoms. The van der Waals surface area contributed by atoms with E-state index in [0.717, 1.165) is 25.3 Å². The number of benzene rings is 1. The summed E-state index contributed by atoms with van der Waals surface area (Å²) >= 11 is 0. The van der Waals surface area contributed by atoms with Gasteiger partial charge in [-0.05, 0) is 31.2 Å². The lowest BCUT2D eigenvalue weighted by molar-refractivity contribution is -0.153. The van der Waals surface area contributed by atoms with Crippen LogP contribution in [-0.2, 0) is 5.60 Å². The number of halogens is 3. The summed E-state index contributed by atoms with van der Waals surface area (Å²) in [5, 5.41) is 11.3. The molecule has 4 heteroatoms. The third kappa shape index (κ3) is 1.33. The van der Waals surface area contributed by atoms with E-state index >= 15 is 0 Å². The van der Waals surface area contributed by atoms with Gasteiger partial charge in [0.1, 0.15) is 5.60 Å². The molecular weight excluding hydrogens is 265 g/mol. The van der Waals surface area contributed by atoms with E-state index in [-0.39, 0.29) is 11.5 Å². The zero-order chi connectivity index (χ0) is 14.9. The van der Waals surface area contributed by atoms with Crippen LogP contribution in [0.1, 0.15) is 45.6 Å². The summed E-state index contributed by atoms with van der Waals surface area (Å²) in [7, 11) is 0. The second-order valence-corrected chi connectivity index (χ2v) is 7.16. The van der Waals surface area contributed by atoms with Crippen molar-refractivity contribution in [3.8, 4) is 0 Å². The van der Waals surface area contributed by atoms with Gasteiger partial charge < -0.3 is 5.11 Å². The van der Waals surface area contributed by atoms with Crippen molar-refractivity contribution in [1.29, 1.82) is 0 Å². The van der Waals surface area contributed by atoms with E-state index in [4.69, 9.17) is 0 Å². The van der Waals surface area contributed by atoms with Crippen molar-refractivity contribution >= 4 is 0 Å². The molecule has 1 N–H and O–H groups in total. The van der Waals surface area contributed by atoms with Gasteiger partial charge in [-0.3, -0.25) is 0 Å². The normalized spacial score (nSPS) is 38.5. The van der Waals surface area contributed by atoms with Crippen molar-refractivity contribution in [2.75, 3.05) is 0 Å². The first-order valence-electron chi connectivity index (χ1n) is 7.01. The average Bonchev–Trinajstić information content (AvgIpc) is 2.84. The van der Waals surface area contributed by atoms with Crippen LogP contribution in [-0.4, -0.2) is 5.11 Å². The first-order chi connectivity index (χ1) is 9.15. The molecular formula is C16H19F3O. The van der Waals surface area contributed by atoms with Gasteiger partial charge >= 0.3 is 0 Å². The minimum Gasteiger partial charge on any atom is -0.384 e. The first-order valence-corrected chi connectivity index (χ1v) is 7.01. The Kier molecular flexibility index (Phi) is 2.64. The predicted octanol–water partition coefficient (Wildman–Crippen LogP) is 4.14. The molecule has 20 heavy (non-hydrogen) atoms. The highest BCUT2D eigenvalue weighted by Crippen LogP contribution is 2.71. The van der Waals surface area contributed by atoms with Crippen LogP contribution in [0.15, 0.2) is 12.1 Å². The molecule has 0 aliphatic heterocycles. The van der Waals surface area contributed by atoms with Gasteiger partial charge in [-0.25, -0.2) is 13.2 Å². The summed E-state index contributed by atoms with van der Waals surface area (Å²) in [4.78, 5) is 0. The summed E-state index contributed by atoms with van der Waals surface area (Å²) < 4.78 is 40.9. The van der Waals surface area contributed by atoms with Crippen molar-refractivity contribution in [2.45, 2.75) is 45.6 Å². The van der Waals surface area contributed by atoms with E-state index in [9.17, 15) is 18.3 Å². The van der Waals surface area contributed by atoms with Gasteiger partial charge in [0, 0.05) is 16.4 Å². The molecule has 0 saturated heterocycles. The molecule has 0 aromatic heterocycles. The van der Waals surface area contributed by atoms with Crippen LogP contribution in [0.4, 0.5) is 13.2 Å². The molecule has 0 amide bonds. The van der Waals surface area contributed by atoms with Gasteiger partial charge in [0.2, 0.25) is 0 Å². The Morgan fingerprint density at radius 2 is 1.75 bits per heavy atom. The smallest absolute Gasteiger partial charge is 0.194 e. The zero-order valence-electron chi connectivity index (χ0n) is 11.9. The third-order valence-electron chi connectivity index (χ3n) is 5.99. The molecule has 2 fully saturated rings. The van der Waals surface area contributed by atoms with Crippen molar-refractivity contribution < 1.29 is 18.3 Å². The first kappa shape index (κ1) is 13.9. The Morgan fingerprint density at radius 3 is 2.30 bits per heavy atom. The molecule has 2 aliphatic rings. The Hall–Kier alpha value is -1.03. The van der Waals surface area contributed by atoms with Crippen molar-refractivity contribution in [2.24, 2.45) is 16.7 Å². The topological polar surface area (TPSA) is 20.2 Å². The molecule has 1 aromatic carbocycles. The van der Waals surface area contributed by atoms with Crippen LogP contribution >= 0.6 is 0 Å². The van der Waals surface area contributed by atoms with E-state index in [1.165, 1.54) is 6.07 Å². The highest BCUT2D eigenvalue weighted by atomic mass is 19.2. The maximum atomic E-state index is 14.2. The lowest BCUT2D eigenvalue weighted by Crippen LogP contribution is -2.52. The molecule has 2 bridgehead atoms. The van der Waals surface area contributed by atoms with Crippen molar-refractivity contribution in [1.82, 2.24) is 0 Å². The van der Waals surface area contributed by atoms with Crippen LogP contribution in [0.3, 0.4) is 0 Å². The number of hydrogen-bond donors (Lipinski definition) is 1. The Morgan fingerprint density at radius 1 is 1.10 bits per heavy atom. The monoisotopic (exact) mass is 284 g/mol. The number of aliphatic hydroxyl groups is 1. The van der Waals surface area contributed by atoms with Gasteiger partial charge in [0.05, 0.1) is 0 Å². The molecule has 1 nitrogen and oxygen atoms in total. The summed E-state index contributed by atoms with van der Waals surface area (Å²) in [6.07, 6.45) is 2.54. The maximum Gasteiger partial charge on any atom is 0.194 e. The minimum absolute atomic E-state index is 0.105. The van der Waals surface area contributed by atoms with Crippen molar-refractivity contribution in [3.05, 3.63) is 35.1 Å². The zero-order valence-corrected chi connectivity index (χ0v) is 11.9. The van der Waals surface area contributed by atoms with Crippen LogP contribution in [0.25, 0.3) is 0 Å². The molecule has 2 aliphatic carbocycles. The molecule has 0 radical (unpaired) electrons. The molecule has 1 aromatic rings. The number of hydrogen-bond acceptors (Lipinski definition) is 1. The third-order valence-corrected chi connectivity index (χ3v) is 5.99. The maximum absolute atomic E-state index is 14.2. The second kappa shape index (κ2) is 3.79. The quantitative estimate of drug-likeness (QED) is 0.768. The van der Waals surface area contributed by atoms with Gasteiger partial charge in [-0.1, -0.05) is 26.8 Å². The van der Waals surface area contributed by atoms with Crippen LogP contribution in [0, 0.1) is 34.2 Å². The molecule has 3 atom stereocenters. The summed E-state index contributed by atoms with van der Waals surface area (Å²) in [5.74, 6) is -3.71. The lowest BCUT2D eigenvalue weighted by Gasteiger charge is -2.51. The van der Waals surface area contributed by atoms with E-state index in [0.29, 0.717) is 0 Å². The molecule has 2 saturated carbocycles. The largest absolute Gasteiger partial charge is 0.384 e.